The molecule has 4 aliphatic carbocycles. The summed E-state index contributed by atoms with van der Waals surface area (Å²) in [4.78, 5) is 143. The number of hydrogen-bond donors (Lipinski definition) is 4. The summed E-state index contributed by atoms with van der Waals surface area (Å²) in [5.74, 6) is -3.80. The van der Waals surface area contributed by atoms with Gasteiger partial charge in [-0.3, -0.25) is 19.2 Å². The van der Waals surface area contributed by atoms with E-state index in [0.29, 0.717) is 61.1 Å². The fraction of sp³-hybridized carbons (Fsp3) is 0.446. The van der Waals surface area contributed by atoms with Crippen LogP contribution in [0.2, 0.25) is 0 Å². The molecule has 0 radical (unpaired) electrons. The second-order valence-electron chi connectivity index (χ2n) is 22.9. The van der Waals surface area contributed by atoms with Crippen LogP contribution in [-0.4, -0.2) is 93.2 Å². The minimum absolute atomic E-state index is 0.00629. The molecule has 4 aliphatic rings. The van der Waals surface area contributed by atoms with Gasteiger partial charge in [0.1, 0.15) is 32.3 Å². The van der Waals surface area contributed by atoms with E-state index in [4.69, 9.17) is 33.6 Å². The average molecular weight is 1370 g/mol. The van der Waals surface area contributed by atoms with Crippen molar-refractivity contribution in [3.8, 4) is 0 Å². The van der Waals surface area contributed by atoms with Crippen molar-refractivity contribution in [2.75, 3.05) is 56.3 Å². The molecule has 0 atom stereocenters. The summed E-state index contributed by atoms with van der Waals surface area (Å²) in [5.41, 5.74) is 3.08. The summed E-state index contributed by atoms with van der Waals surface area (Å²) in [5, 5.41) is 22.9. The molecule has 8 heterocycles. The Hall–Kier alpha value is -8.80. The zero-order valence-electron chi connectivity index (χ0n) is 52.3. The Morgan fingerprint density at radius 2 is 0.755 bits per heavy atom. The zero-order valence-corrected chi connectivity index (χ0v) is 55.6. The van der Waals surface area contributed by atoms with E-state index < -0.39 is 57.9 Å². The maximum absolute atomic E-state index is 12.6. The van der Waals surface area contributed by atoms with E-state index in [-0.39, 0.29) is 58.1 Å². The molecule has 29 heteroatoms. The molecular formula is C65H72N4O21S4. The number of ether oxygens (including phenoxy) is 3. The van der Waals surface area contributed by atoms with E-state index in [0.717, 1.165) is 103 Å². The summed E-state index contributed by atoms with van der Waals surface area (Å²) < 4.78 is 36.3. The standard InChI is InChI=1S/C17H19NO5S.2C16H17NO5S.C9H7NO4S.C7H12O2/c1-18(15(19)10-6-4-3-5-7-10)14-9-12-13(24-14)8-11(16(20)22-2)17(21)23-12;1-21-15(19)10-7-12-11(22-16(10)20)8-13(23-12)17-14(18)9-5-3-2-4-6-9;1-17(14(18)9-5-3-2-4-6-9)13-8-11-12(23-13)7-10(15(19)20)16(21)22-11;1-13-8(11)4-2-6-5(14-9(4)12)3-7(10)15-6;8-7(9)6-4-2-1-3-5-6/h8-10H,3-7H2,1-2H3;7-9H,2-6H2,1H3,(H,17,18);7-9H,2-6H2,1H3,(H,19,20);2-3H,10H2,1H3;6H,1-5H2,(H,8,9). The van der Waals surface area contributed by atoms with Crippen molar-refractivity contribution in [3.63, 3.8) is 0 Å². The van der Waals surface area contributed by atoms with Crippen molar-refractivity contribution in [1.82, 2.24) is 0 Å². The number of nitrogens with zero attached hydrogens (tertiary/aromatic N) is 2. The molecule has 94 heavy (non-hydrogen) atoms. The predicted molar refractivity (Wildman–Crippen MR) is 356 cm³/mol. The van der Waals surface area contributed by atoms with Gasteiger partial charge in [-0.05, 0) is 75.6 Å². The van der Waals surface area contributed by atoms with Crippen molar-refractivity contribution in [2.24, 2.45) is 23.7 Å². The van der Waals surface area contributed by atoms with Gasteiger partial charge in [0, 0.05) is 56.1 Å². The number of anilines is 4. The Kier molecular flexibility index (Phi) is 24.8. The van der Waals surface area contributed by atoms with E-state index in [1.165, 1.54) is 117 Å². The van der Waals surface area contributed by atoms with Crippen LogP contribution < -0.4 is 43.4 Å². The first kappa shape index (κ1) is 71.1. The SMILES string of the molecule is CN(C(=O)C1CCCCC1)c1cc2oc(=O)c(C(=O)O)cc2s1.COC(=O)c1cc2sc(N(C)C(=O)C3CCCCC3)cc2oc1=O.COC(=O)c1cc2sc(N)cc2oc1=O.COC(=O)c1cc2sc(NC(=O)C3CCCCC3)cc2oc1=O.O=C(O)C1CCCCC1. The molecule has 502 valence electrons. The lowest BCUT2D eigenvalue weighted by molar-refractivity contribution is -0.142. The number of nitrogens with one attached hydrogen (secondary N) is 1. The lowest BCUT2D eigenvalue weighted by Gasteiger charge is -2.25. The van der Waals surface area contributed by atoms with E-state index in [1.807, 2.05) is 0 Å². The first-order valence-corrected chi connectivity index (χ1v) is 33.9. The number of nitrogens with two attached hydrogens (primary N) is 1. The van der Waals surface area contributed by atoms with Crippen LogP contribution in [-0.2, 0) is 33.4 Å². The number of esters is 3. The molecule has 0 aromatic carbocycles. The molecule has 4 fully saturated rings. The second-order valence-corrected chi connectivity index (χ2v) is 27.2. The number of amides is 3. The number of thiophene rings is 4. The van der Waals surface area contributed by atoms with E-state index in [2.05, 4.69) is 19.5 Å². The van der Waals surface area contributed by atoms with Crippen molar-refractivity contribution in [3.05, 3.63) is 112 Å². The van der Waals surface area contributed by atoms with Crippen LogP contribution in [0.1, 0.15) is 170 Å². The van der Waals surface area contributed by atoms with Gasteiger partial charge in [0.15, 0.2) is 22.3 Å². The Balaban J connectivity index is 0.000000155. The first-order valence-electron chi connectivity index (χ1n) is 30.6. The quantitative estimate of drug-likeness (QED) is 0.0690. The van der Waals surface area contributed by atoms with Gasteiger partial charge < -0.3 is 62.9 Å². The van der Waals surface area contributed by atoms with Gasteiger partial charge in [-0.15, -0.1) is 45.3 Å². The Morgan fingerprint density at radius 1 is 0.436 bits per heavy atom. The Labute approximate surface area is 552 Å². The van der Waals surface area contributed by atoms with E-state index >= 15 is 0 Å². The predicted octanol–water partition coefficient (Wildman–Crippen LogP) is 12.3. The maximum atomic E-state index is 12.6. The molecular weight excluding hydrogens is 1300 g/mol. The van der Waals surface area contributed by atoms with Gasteiger partial charge in [-0.25, -0.2) is 38.4 Å². The minimum atomic E-state index is -1.32. The Morgan fingerprint density at radius 3 is 1.12 bits per heavy atom. The third-order valence-electron chi connectivity index (χ3n) is 16.5. The number of rotatable bonds is 11. The van der Waals surface area contributed by atoms with Crippen molar-refractivity contribution in [1.29, 1.82) is 0 Å². The summed E-state index contributed by atoms with van der Waals surface area (Å²) in [6, 6.07) is 12.1. The number of nitrogen functional groups attached to an aromatic ring is 1. The van der Waals surface area contributed by atoms with Gasteiger partial charge in [-0.2, -0.15) is 0 Å². The van der Waals surface area contributed by atoms with Gasteiger partial charge in [0.25, 0.3) is 0 Å². The topological polar surface area (TPSA) is 370 Å². The lowest BCUT2D eigenvalue weighted by Crippen LogP contribution is -2.33. The zero-order chi connectivity index (χ0) is 67.9. The number of aliphatic carboxylic acids is 1. The molecule has 3 amide bonds. The van der Waals surface area contributed by atoms with Crippen LogP contribution in [0, 0.1) is 23.7 Å². The number of hydrogen-bond acceptors (Lipinski definition) is 24. The normalized spacial score (nSPS) is 15.3. The van der Waals surface area contributed by atoms with Crippen LogP contribution in [0.5, 0.6) is 0 Å². The molecule has 5 N–H and O–H groups in total. The number of carboxylic acids is 2. The largest absolute Gasteiger partial charge is 0.481 e. The molecule has 0 unspecified atom stereocenters. The molecule has 25 nitrogen and oxygen atoms in total. The highest BCUT2D eigenvalue weighted by atomic mass is 32.1. The highest BCUT2D eigenvalue weighted by molar-refractivity contribution is 7.24. The monoisotopic (exact) mass is 1370 g/mol. The number of aromatic carboxylic acids is 1. The third kappa shape index (κ3) is 17.9. The van der Waals surface area contributed by atoms with E-state index in [9.17, 15) is 57.5 Å². The molecule has 0 spiro atoms. The van der Waals surface area contributed by atoms with Crippen LogP contribution >= 0.6 is 45.3 Å². The molecule has 8 aromatic heterocycles. The molecule has 0 bridgehead atoms. The molecule has 0 aliphatic heterocycles. The summed E-state index contributed by atoms with van der Waals surface area (Å²) >= 11 is 5.07. The fourth-order valence-corrected chi connectivity index (χ4v) is 15.1. The number of carbonyl (C=O) groups is 8. The first-order chi connectivity index (χ1) is 45.0. The molecule has 4 saturated carbocycles. The highest BCUT2D eigenvalue weighted by Crippen LogP contribution is 2.37. The summed E-state index contributed by atoms with van der Waals surface area (Å²) in [6.45, 7) is 0. The highest BCUT2D eigenvalue weighted by Gasteiger charge is 2.29. The van der Waals surface area contributed by atoms with E-state index in [1.54, 1.807) is 48.2 Å². The van der Waals surface area contributed by atoms with Crippen molar-refractivity contribution >= 4 is 154 Å². The fourth-order valence-electron chi connectivity index (χ4n) is 11.3. The second kappa shape index (κ2) is 32.9. The van der Waals surface area contributed by atoms with Gasteiger partial charge >= 0.3 is 52.3 Å². The molecule has 0 saturated heterocycles. The summed E-state index contributed by atoms with van der Waals surface area (Å²) in [7, 11) is 7.06. The average Bonchev–Trinajstić information content (AvgIpc) is 1.74. The molecule has 12 rings (SSSR count). The molecule has 8 aromatic rings. The van der Waals surface area contributed by atoms with Crippen LogP contribution in [0.3, 0.4) is 0 Å². The number of carbonyl (C=O) groups excluding carboxylic acids is 6. The van der Waals surface area contributed by atoms with Crippen molar-refractivity contribution in [2.45, 2.75) is 128 Å². The number of carboxylic acid groups (broad SMARTS) is 2. The van der Waals surface area contributed by atoms with Gasteiger partial charge in [-0.1, -0.05) is 77.0 Å². The van der Waals surface area contributed by atoms with Crippen LogP contribution in [0.25, 0.3) is 41.1 Å². The van der Waals surface area contributed by atoms with Crippen LogP contribution in [0.15, 0.2) is 85.4 Å². The smallest absolute Gasteiger partial charge is 0.351 e. The van der Waals surface area contributed by atoms with Crippen LogP contribution in [0.4, 0.5) is 20.0 Å². The summed E-state index contributed by atoms with van der Waals surface area (Å²) in [6.07, 6.45) is 20.8. The van der Waals surface area contributed by atoms with Gasteiger partial charge in [0.05, 0.1) is 56.0 Å². The maximum Gasteiger partial charge on any atom is 0.351 e. The van der Waals surface area contributed by atoms with Crippen molar-refractivity contribution < 1.29 is 80.4 Å². The lowest BCUT2D eigenvalue weighted by atomic mass is 9.88. The minimum Gasteiger partial charge on any atom is -0.481 e. The third-order valence-corrected chi connectivity index (χ3v) is 20.7. The van der Waals surface area contributed by atoms with Gasteiger partial charge in [0.2, 0.25) is 17.7 Å². The Bertz CT molecular complexity index is 4330. The number of methoxy groups -OCH3 is 3. The number of fused-ring (bicyclic) bond motifs is 4.